The molecule has 0 aromatic rings. The first-order valence-electron chi connectivity index (χ1n) is 1.10. The molecule has 0 aliphatic heterocycles. The van der Waals surface area contributed by atoms with Gasteiger partial charge in [-0.25, -0.2) is 0 Å². The molecule has 7 nitrogen and oxygen atoms in total. The van der Waals surface area contributed by atoms with Crippen LogP contribution in [0, 0.1) is 10.1 Å². The molecule has 0 amide bonds. The van der Waals surface area contributed by atoms with Crippen molar-refractivity contribution in [3.05, 3.63) is 10.1 Å². The summed E-state index contributed by atoms with van der Waals surface area (Å²) in [6.45, 7) is 0. The van der Waals surface area contributed by atoms with Crippen LogP contribution in [0.1, 0.15) is 0 Å². The quantitative estimate of drug-likeness (QED) is 0.232. The first kappa shape index (κ1) is 10.4. The van der Waals surface area contributed by atoms with Crippen LogP contribution >= 0.6 is 0 Å². The van der Waals surface area contributed by atoms with Gasteiger partial charge in [-0.1, -0.05) is 0 Å². The molecule has 0 heterocycles. The van der Waals surface area contributed by atoms with E-state index in [1.165, 1.54) is 0 Å². The van der Waals surface area contributed by atoms with Gasteiger partial charge in [0.15, 0.2) is 0 Å². The molecular weight excluding hydrogens is 189 g/mol. The van der Waals surface area contributed by atoms with Crippen LogP contribution in [-0.4, -0.2) is 33.2 Å². The van der Waals surface area contributed by atoms with Gasteiger partial charge in [0.25, 0.3) is 5.09 Å². The van der Waals surface area contributed by atoms with Crippen molar-refractivity contribution in [2.24, 2.45) is 0 Å². The molecule has 0 saturated carbocycles. The molecule has 0 aliphatic rings. The van der Waals surface area contributed by atoms with Crippen LogP contribution in [0.3, 0.4) is 0 Å². The van der Waals surface area contributed by atoms with Gasteiger partial charge in [0.05, 0.1) is 0 Å². The third kappa shape index (κ3) is 341. The molecule has 3 N–H and O–H groups in total. The van der Waals surface area contributed by atoms with Gasteiger partial charge in [0, 0.05) is 0 Å². The Kier molecular flexibility index (Phi) is 8.39. The van der Waals surface area contributed by atoms with E-state index in [0.717, 1.165) is 0 Å². The topological polar surface area (TPSA) is 121 Å². The van der Waals surface area contributed by atoms with Gasteiger partial charge in [-0.05, 0) is 0 Å². The predicted octanol–water partition coefficient (Wildman–Crippen LogP) is -1.96. The summed E-state index contributed by atoms with van der Waals surface area (Å²) in [7, 11) is 0. The molecule has 0 aromatic carbocycles. The van der Waals surface area contributed by atoms with Gasteiger partial charge in [0.1, 0.15) is 0 Å². The van der Waals surface area contributed by atoms with Gasteiger partial charge >= 0.3 is 26.7 Å². The molecule has 0 aromatic heterocycles. The van der Waals surface area contributed by atoms with Gasteiger partial charge in [0.2, 0.25) is 0 Å². The first-order valence-corrected chi connectivity index (χ1v) is 3.33. The minimum absolute atomic E-state index is 1.50. The third-order valence-corrected chi connectivity index (χ3v) is 0. The van der Waals surface area contributed by atoms with E-state index in [0.29, 0.717) is 0 Å². The Labute approximate surface area is 48.0 Å². The van der Waals surface area contributed by atoms with Crippen molar-refractivity contribution < 1.29 is 22.5 Å². The Morgan fingerprint density at radius 2 is 1.50 bits per heavy atom. The zero-order chi connectivity index (χ0) is 7.15. The van der Waals surface area contributed by atoms with E-state index in [-0.39, 0.29) is 0 Å². The summed E-state index contributed by atoms with van der Waals surface area (Å²) in [4.78, 5) is 8.36. The van der Waals surface area contributed by atoms with Crippen LogP contribution in [-0.2, 0) is 3.83 Å². The van der Waals surface area contributed by atoms with Crippen LogP contribution in [0.4, 0.5) is 0 Å². The van der Waals surface area contributed by atoms with Crippen molar-refractivity contribution in [2.75, 3.05) is 0 Å². The Hall–Kier alpha value is -0.561. The van der Waals surface area contributed by atoms with E-state index < -0.39 is 19.6 Å². The van der Waals surface area contributed by atoms with Gasteiger partial charge in [-0.15, -0.1) is 10.1 Å². The van der Waals surface area contributed by atoms with Crippen molar-refractivity contribution in [2.45, 2.75) is 0 Å². The standard InChI is InChI=1S/HNO3.H2O3Se/c2-1(3)4;1-4(2)3/h(H,2,3,4);(H2,1,2,3). The van der Waals surface area contributed by atoms with Crippen LogP contribution < -0.4 is 0 Å². The fourth-order valence-electron chi connectivity index (χ4n) is 0. The van der Waals surface area contributed by atoms with E-state index in [9.17, 15) is 0 Å². The third-order valence-electron chi connectivity index (χ3n) is 0. The van der Waals surface area contributed by atoms with E-state index in [1.807, 2.05) is 0 Å². The molecule has 0 atom stereocenters. The van der Waals surface area contributed by atoms with Crippen molar-refractivity contribution in [1.29, 1.82) is 0 Å². The Bertz CT molecular complexity index is 66.5. The fourth-order valence-corrected chi connectivity index (χ4v) is 0. The number of hydrogen-bond acceptors (Lipinski definition) is 3. The molecule has 0 aliphatic carbocycles. The number of hydrogen-bond donors (Lipinski definition) is 3. The Morgan fingerprint density at radius 1 is 1.50 bits per heavy atom. The second-order valence-electron chi connectivity index (χ2n) is 0.469. The van der Waals surface area contributed by atoms with E-state index in [1.54, 1.807) is 0 Å². The summed E-state index contributed by atoms with van der Waals surface area (Å²) in [6.07, 6.45) is 0. The van der Waals surface area contributed by atoms with Gasteiger partial charge < -0.3 is 5.21 Å². The molecule has 0 fully saturated rings. The monoisotopic (exact) mass is 193 g/mol. The average Bonchev–Trinajstić information content (AvgIpc) is 1.25. The van der Waals surface area contributed by atoms with Crippen LogP contribution in [0.5, 0.6) is 0 Å². The molecule has 0 rings (SSSR count). The summed E-state index contributed by atoms with van der Waals surface area (Å²) in [5, 5.41) is 13.6. The summed E-state index contributed by atoms with van der Waals surface area (Å²) < 4.78 is 23.1. The normalized spacial score (nSPS) is 7.38. The van der Waals surface area contributed by atoms with Crippen molar-refractivity contribution in [3.63, 3.8) is 0 Å². The average molecular weight is 192 g/mol. The van der Waals surface area contributed by atoms with Crippen LogP contribution in [0.2, 0.25) is 0 Å². The second kappa shape index (κ2) is 6.44. The van der Waals surface area contributed by atoms with Crippen LogP contribution in [0.15, 0.2) is 0 Å². The molecule has 0 spiro atoms. The molecule has 0 radical (unpaired) electrons. The zero-order valence-electron chi connectivity index (χ0n) is 3.42. The second-order valence-corrected chi connectivity index (χ2v) is 1.44. The molecule has 0 saturated heterocycles. The summed E-state index contributed by atoms with van der Waals surface area (Å²) in [6, 6.07) is 0. The summed E-state index contributed by atoms with van der Waals surface area (Å²) in [5.41, 5.74) is 0. The molecule has 50 valence electrons. The van der Waals surface area contributed by atoms with Gasteiger partial charge in [-0.3, -0.25) is 0 Å². The summed E-state index contributed by atoms with van der Waals surface area (Å²) >= 11 is -3.29. The molecule has 0 bridgehead atoms. The van der Waals surface area contributed by atoms with Crippen molar-refractivity contribution in [1.82, 2.24) is 0 Å². The van der Waals surface area contributed by atoms with Gasteiger partial charge in [-0.2, -0.15) is 0 Å². The molecule has 0 unspecified atom stereocenters. The van der Waals surface area contributed by atoms with E-state index in [2.05, 4.69) is 0 Å². The Balaban J connectivity index is 0. The van der Waals surface area contributed by atoms with E-state index >= 15 is 0 Å². The fraction of sp³-hybridized carbons (Fsp3) is 0. The van der Waals surface area contributed by atoms with E-state index in [4.69, 9.17) is 27.5 Å². The van der Waals surface area contributed by atoms with Crippen molar-refractivity contribution in [3.8, 4) is 0 Å². The van der Waals surface area contributed by atoms with Crippen molar-refractivity contribution >= 4 is 14.5 Å². The molecular formula is H3NO6Se. The number of nitrogens with zero attached hydrogens (tertiary/aromatic N) is 1. The zero-order valence-corrected chi connectivity index (χ0v) is 5.13. The maximum atomic E-state index is 8.76. The first-order chi connectivity index (χ1) is 3.46. The SMILES string of the molecule is O=[N+]([O-])O.O=[Se](O)O. The molecule has 8 heteroatoms. The summed E-state index contributed by atoms with van der Waals surface area (Å²) in [5.74, 6) is 0. The predicted molar refractivity (Wildman–Crippen MR) is 19.7 cm³/mol. The minimum atomic E-state index is -3.29. The maximum absolute atomic E-state index is 8.76. The number of rotatable bonds is 0. The molecule has 8 heavy (non-hydrogen) atoms. The Morgan fingerprint density at radius 3 is 1.50 bits per heavy atom. The van der Waals surface area contributed by atoms with Crippen LogP contribution in [0.25, 0.3) is 0 Å².